The van der Waals surface area contributed by atoms with Gasteiger partial charge in [-0.2, -0.15) is 0 Å². The summed E-state index contributed by atoms with van der Waals surface area (Å²) in [7, 11) is 1.56. The molecule has 4 aromatic rings. The van der Waals surface area contributed by atoms with Gasteiger partial charge in [-0.3, -0.25) is 9.36 Å². The number of hydrogen-bond acceptors (Lipinski definition) is 7. The molecule has 1 atom stereocenters. The van der Waals surface area contributed by atoms with Crippen LogP contribution in [0, 0.1) is 0 Å². The molecule has 0 radical (unpaired) electrons. The van der Waals surface area contributed by atoms with Crippen LogP contribution in [0.2, 0.25) is 0 Å². The molecular formula is C31H32BrN3O5S. The van der Waals surface area contributed by atoms with Crippen LogP contribution in [0.15, 0.2) is 68.1 Å². The standard InChI is InChI=1S/C31H32BrN3O5S/c1-7-39-25-15-22(32)21(14-24(25)38-6)28-27(30(37)40-8-2)18(5)33-31-35(28)29(36)26(41-31)13-19-16-34(17(3)4)23-12-10-9-11-20(19)23/h9-17,28H,7-8H2,1-6H3/b26-13+/t28-/m0/s1. The fraction of sp³-hybridized carbons (Fsp3) is 0.323. The number of nitrogens with zero attached hydrogens (tertiary/aromatic N) is 3. The number of allylic oxidation sites excluding steroid dienone is 1. The molecule has 1 aliphatic rings. The number of aromatic nitrogens is 2. The van der Waals surface area contributed by atoms with E-state index in [4.69, 9.17) is 19.2 Å². The van der Waals surface area contributed by atoms with E-state index in [1.165, 1.54) is 11.3 Å². The van der Waals surface area contributed by atoms with Crippen molar-refractivity contribution in [3.8, 4) is 11.5 Å². The third-order valence-electron chi connectivity index (χ3n) is 7.01. The maximum Gasteiger partial charge on any atom is 0.338 e. The predicted octanol–water partition coefficient (Wildman–Crippen LogP) is 5.50. The summed E-state index contributed by atoms with van der Waals surface area (Å²) in [5, 5.41) is 1.06. The van der Waals surface area contributed by atoms with E-state index in [0.717, 1.165) is 16.5 Å². The van der Waals surface area contributed by atoms with Gasteiger partial charge in [0.05, 0.1) is 42.2 Å². The van der Waals surface area contributed by atoms with Crippen LogP contribution in [0.3, 0.4) is 0 Å². The van der Waals surface area contributed by atoms with Crippen LogP contribution in [-0.4, -0.2) is 35.4 Å². The Labute approximate surface area is 250 Å². The number of para-hydroxylation sites is 1. The Balaban J connectivity index is 1.77. The second kappa shape index (κ2) is 11.7. The molecule has 41 heavy (non-hydrogen) atoms. The van der Waals surface area contributed by atoms with E-state index in [0.29, 0.717) is 48.7 Å². The van der Waals surface area contributed by atoms with Gasteiger partial charge in [-0.05, 0) is 64.5 Å². The maximum atomic E-state index is 14.2. The molecular weight excluding hydrogens is 606 g/mol. The summed E-state index contributed by atoms with van der Waals surface area (Å²) in [6.45, 7) is 10.3. The van der Waals surface area contributed by atoms with Crippen molar-refractivity contribution >= 4 is 50.2 Å². The Morgan fingerprint density at radius 3 is 2.61 bits per heavy atom. The minimum Gasteiger partial charge on any atom is -0.493 e. The average Bonchev–Trinajstić information content (AvgIpc) is 3.46. The van der Waals surface area contributed by atoms with Crippen LogP contribution < -0.4 is 24.4 Å². The van der Waals surface area contributed by atoms with E-state index >= 15 is 0 Å². The summed E-state index contributed by atoms with van der Waals surface area (Å²) in [6.07, 6.45) is 3.99. The summed E-state index contributed by atoms with van der Waals surface area (Å²) in [4.78, 5) is 32.7. The molecule has 0 aliphatic carbocycles. The number of carbonyl (C=O) groups is 1. The number of benzene rings is 2. The van der Waals surface area contributed by atoms with Crippen molar-refractivity contribution < 1.29 is 19.0 Å². The Hall–Kier alpha value is -3.63. The first-order chi connectivity index (χ1) is 19.7. The summed E-state index contributed by atoms with van der Waals surface area (Å²) >= 11 is 4.97. The van der Waals surface area contributed by atoms with E-state index in [2.05, 4.69) is 52.7 Å². The lowest BCUT2D eigenvalue weighted by Crippen LogP contribution is -2.40. The van der Waals surface area contributed by atoms with Crippen molar-refractivity contribution in [2.24, 2.45) is 4.99 Å². The lowest BCUT2D eigenvalue weighted by Gasteiger charge is -2.26. The van der Waals surface area contributed by atoms with Crippen molar-refractivity contribution in [2.75, 3.05) is 20.3 Å². The van der Waals surface area contributed by atoms with Crippen LogP contribution in [0.25, 0.3) is 17.0 Å². The van der Waals surface area contributed by atoms with E-state index in [-0.39, 0.29) is 18.2 Å². The second-order valence-electron chi connectivity index (χ2n) is 9.86. The molecule has 0 amide bonds. The van der Waals surface area contributed by atoms with Crippen molar-refractivity contribution in [3.63, 3.8) is 0 Å². The number of esters is 1. The molecule has 0 bridgehead atoms. The van der Waals surface area contributed by atoms with Gasteiger partial charge in [0.2, 0.25) is 0 Å². The Morgan fingerprint density at radius 1 is 1.17 bits per heavy atom. The number of methoxy groups -OCH3 is 1. The van der Waals surface area contributed by atoms with E-state index in [1.54, 1.807) is 37.7 Å². The summed E-state index contributed by atoms with van der Waals surface area (Å²) in [5.41, 5.74) is 3.26. The quantitative estimate of drug-likeness (QED) is 0.238. The van der Waals surface area contributed by atoms with Crippen molar-refractivity contribution in [1.82, 2.24) is 9.13 Å². The molecule has 0 fully saturated rings. The lowest BCUT2D eigenvalue weighted by atomic mass is 9.95. The van der Waals surface area contributed by atoms with E-state index in [9.17, 15) is 9.59 Å². The molecule has 8 nitrogen and oxygen atoms in total. The number of hydrogen-bond donors (Lipinski definition) is 0. The molecule has 0 saturated carbocycles. The topological polar surface area (TPSA) is 84.1 Å². The van der Waals surface area contributed by atoms with Gasteiger partial charge >= 0.3 is 5.97 Å². The first kappa shape index (κ1) is 28.9. The first-order valence-electron chi connectivity index (χ1n) is 13.5. The number of halogens is 1. The zero-order valence-electron chi connectivity index (χ0n) is 23.9. The fourth-order valence-electron chi connectivity index (χ4n) is 5.19. The molecule has 2 aromatic carbocycles. The first-order valence-corrected chi connectivity index (χ1v) is 15.1. The van der Waals surface area contributed by atoms with Gasteiger partial charge in [-0.25, -0.2) is 9.79 Å². The zero-order chi connectivity index (χ0) is 29.4. The molecule has 5 rings (SSSR count). The van der Waals surface area contributed by atoms with E-state index < -0.39 is 12.0 Å². The van der Waals surface area contributed by atoms with Gasteiger partial charge in [0, 0.05) is 33.2 Å². The smallest absolute Gasteiger partial charge is 0.338 e. The monoisotopic (exact) mass is 637 g/mol. The maximum absolute atomic E-state index is 14.2. The number of fused-ring (bicyclic) bond motifs is 2. The highest BCUT2D eigenvalue weighted by Crippen LogP contribution is 2.41. The fourth-order valence-corrected chi connectivity index (χ4v) is 6.77. The number of ether oxygens (including phenoxy) is 3. The molecule has 1 aliphatic heterocycles. The van der Waals surface area contributed by atoms with Gasteiger partial charge in [0.1, 0.15) is 0 Å². The summed E-state index contributed by atoms with van der Waals surface area (Å²) in [5.74, 6) is 0.525. The normalized spacial score (nSPS) is 15.3. The Kier molecular flexibility index (Phi) is 8.24. The van der Waals surface area contributed by atoms with Crippen molar-refractivity contribution in [2.45, 2.75) is 46.7 Å². The van der Waals surface area contributed by atoms with Gasteiger partial charge in [-0.1, -0.05) is 45.5 Å². The summed E-state index contributed by atoms with van der Waals surface area (Å²) < 4.78 is 21.8. The van der Waals surface area contributed by atoms with E-state index in [1.807, 2.05) is 25.1 Å². The second-order valence-corrected chi connectivity index (χ2v) is 11.7. The number of thiazole rings is 1. The molecule has 10 heteroatoms. The van der Waals surface area contributed by atoms with Crippen LogP contribution in [-0.2, 0) is 9.53 Å². The van der Waals surface area contributed by atoms with Crippen LogP contribution >= 0.6 is 27.3 Å². The molecule has 2 aromatic heterocycles. The molecule has 0 saturated heterocycles. The molecule has 0 unspecified atom stereocenters. The molecule has 0 N–H and O–H groups in total. The van der Waals surface area contributed by atoms with Crippen LogP contribution in [0.1, 0.15) is 57.8 Å². The largest absolute Gasteiger partial charge is 0.493 e. The minimum atomic E-state index is -0.789. The van der Waals surface area contributed by atoms with Gasteiger partial charge < -0.3 is 18.8 Å². The van der Waals surface area contributed by atoms with Gasteiger partial charge in [0.25, 0.3) is 5.56 Å². The average molecular weight is 639 g/mol. The van der Waals surface area contributed by atoms with Crippen molar-refractivity contribution in [3.05, 3.63) is 89.2 Å². The molecule has 214 valence electrons. The van der Waals surface area contributed by atoms with Gasteiger partial charge in [-0.15, -0.1) is 0 Å². The highest BCUT2D eigenvalue weighted by molar-refractivity contribution is 9.10. The Bertz CT molecular complexity index is 1860. The number of rotatable bonds is 8. The zero-order valence-corrected chi connectivity index (χ0v) is 26.3. The van der Waals surface area contributed by atoms with Crippen LogP contribution in [0.4, 0.5) is 0 Å². The Morgan fingerprint density at radius 2 is 1.93 bits per heavy atom. The third-order valence-corrected chi connectivity index (χ3v) is 8.68. The van der Waals surface area contributed by atoms with Gasteiger partial charge in [0.15, 0.2) is 16.3 Å². The SMILES string of the molecule is CCOC(=O)C1=C(C)N=c2s/c(=C/c3cn(C(C)C)c4ccccc34)c(=O)n2[C@H]1c1cc(OC)c(OCC)cc1Br. The van der Waals surface area contributed by atoms with Crippen LogP contribution in [0.5, 0.6) is 11.5 Å². The van der Waals surface area contributed by atoms with Crippen molar-refractivity contribution in [1.29, 1.82) is 0 Å². The minimum absolute atomic E-state index is 0.195. The highest BCUT2D eigenvalue weighted by atomic mass is 79.9. The summed E-state index contributed by atoms with van der Waals surface area (Å²) in [6, 6.07) is 11.2. The predicted molar refractivity (Wildman–Crippen MR) is 165 cm³/mol. The lowest BCUT2D eigenvalue weighted by molar-refractivity contribution is -0.139. The molecule has 3 heterocycles. The number of carbonyl (C=O) groups excluding carboxylic acids is 1. The molecule has 0 spiro atoms. The highest BCUT2D eigenvalue weighted by Gasteiger charge is 2.35. The third kappa shape index (κ3) is 5.15.